The summed E-state index contributed by atoms with van der Waals surface area (Å²) in [6, 6.07) is 7.82. The molecule has 0 aliphatic carbocycles. The van der Waals surface area contributed by atoms with Gasteiger partial charge in [-0.15, -0.1) is 0 Å². The summed E-state index contributed by atoms with van der Waals surface area (Å²) < 4.78 is 11.1. The molecule has 1 amide bonds. The minimum absolute atomic E-state index is 0.0842. The third kappa shape index (κ3) is 4.43. The number of benzene rings is 1. The van der Waals surface area contributed by atoms with Gasteiger partial charge in [-0.25, -0.2) is 0 Å². The van der Waals surface area contributed by atoms with E-state index in [1.165, 1.54) is 0 Å². The Hall–Kier alpha value is -2.08. The summed E-state index contributed by atoms with van der Waals surface area (Å²) in [5.74, 6) is 0.110. The Morgan fingerprint density at radius 3 is 2.63 bits per heavy atom. The second-order valence-electron chi connectivity index (χ2n) is 7.63. The van der Waals surface area contributed by atoms with Crippen LogP contribution in [-0.4, -0.2) is 54.8 Å². The minimum Gasteiger partial charge on any atom is -0.496 e. The van der Waals surface area contributed by atoms with Gasteiger partial charge in [0, 0.05) is 26.1 Å². The van der Waals surface area contributed by atoms with Crippen LogP contribution in [0.2, 0.25) is 0 Å². The van der Waals surface area contributed by atoms with E-state index in [0.29, 0.717) is 32.5 Å². The molecule has 2 saturated heterocycles. The second-order valence-corrected chi connectivity index (χ2v) is 7.63. The van der Waals surface area contributed by atoms with E-state index < -0.39 is 11.9 Å². The van der Waals surface area contributed by atoms with Gasteiger partial charge in [0.15, 0.2) is 0 Å². The highest BCUT2D eigenvalue weighted by atomic mass is 16.5. The summed E-state index contributed by atoms with van der Waals surface area (Å²) in [5.41, 5.74) is 1.05. The zero-order valence-electron chi connectivity index (χ0n) is 16.1. The van der Waals surface area contributed by atoms with Gasteiger partial charge in [-0.05, 0) is 42.7 Å². The molecule has 0 bridgehead atoms. The van der Waals surface area contributed by atoms with E-state index in [9.17, 15) is 14.7 Å². The van der Waals surface area contributed by atoms with Gasteiger partial charge in [0.05, 0.1) is 19.1 Å². The predicted octanol–water partition coefficient (Wildman–Crippen LogP) is 2.92. The van der Waals surface area contributed by atoms with Crippen molar-refractivity contribution in [2.45, 2.75) is 44.6 Å². The lowest BCUT2D eigenvalue weighted by molar-refractivity contribution is -0.146. The maximum absolute atomic E-state index is 12.7. The number of methoxy groups -OCH3 is 1. The van der Waals surface area contributed by atoms with E-state index in [1.807, 2.05) is 36.1 Å². The number of aliphatic carboxylic acids is 1. The topological polar surface area (TPSA) is 76.1 Å². The Morgan fingerprint density at radius 2 is 1.96 bits per heavy atom. The fourth-order valence-electron chi connectivity index (χ4n) is 4.39. The minimum atomic E-state index is -0.762. The number of ether oxygens (including phenoxy) is 2. The molecule has 1 aromatic rings. The molecule has 2 aliphatic heterocycles. The number of amides is 1. The van der Waals surface area contributed by atoms with Crippen molar-refractivity contribution in [3.8, 4) is 5.75 Å². The first-order valence-corrected chi connectivity index (χ1v) is 9.76. The van der Waals surface area contributed by atoms with Crippen molar-refractivity contribution < 1.29 is 24.2 Å². The van der Waals surface area contributed by atoms with Gasteiger partial charge in [-0.1, -0.05) is 25.1 Å². The number of nitrogens with zero attached hydrogens (tertiary/aromatic N) is 1. The van der Waals surface area contributed by atoms with Crippen LogP contribution in [0.3, 0.4) is 0 Å². The highest BCUT2D eigenvalue weighted by Gasteiger charge is 2.40. The van der Waals surface area contributed by atoms with Gasteiger partial charge in [0.1, 0.15) is 5.75 Å². The van der Waals surface area contributed by atoms with Gasteiger partial charge in [0.2, 0.25) is 5.91 Å². The molecule has 6 heteroatoms. The molecule has 3 atom stereocenters. The first-order chi connectivity index (χ1) is 13.0. The number of carbonyl (C=O) groups is 2. The van der Waals surface area contributed by atoms with Crippen molar-refractivity contribution in [3.05, 3.63) is 29.8 Å². The maximum Gasteiger partial charge on any atom is 0.309 e. The summed E-state index contributed by atoms with van der Waals surface area (Å²) in [6.45, 7) is 3.92. The third-order valence-corrected chi connectivity index (χ3v) is 5.96. The fourth-order valence-corrected chi connectivity index (χ4v) is 4.39. The van der Waals surface area contributed by atoms with E-state index in [2.05, 4.69) is 0 Å². The van der Waals surface area contributed by atoms with Crippen LogP contribution in [0.15, 0.2) is 24.3 Å². The first-order valence-electron chi connectivity index (χ1n) is 9.76. The van der Waals surface area contributed by atoms with Crippen LogP contribution in [0.5, 0.6) is 5.75 Å². The standard InChI is InChI=1S/C21H29NO5/c1-14(16-5-3-4-6-18(16)26-2)13-19(23)22-10-7-15(8-11-22)20-17(21(24)25)9-12-27-20/h3-6,14-15,17,20H,7-13H2,1-2H3,(H,24,25)/t14?,17?,20-/m0/s1. The average Bonchev–Trinajstić information content (AvgIpc) is 3.18. The van der Waals surface area contributed by atoms with E-state index in [0.717, 1.165) is 24.2 Å². The Labute approximate surface area is 160 Å². The van der Waals surface area contributed by atoms with Crippen LogP contribution in [0.4, 0.5) is 0 Å². The number of carboxylic acid groups (broad SMARTS) is 1. The zero-order valence-corrected chi connectivity index (χ0v) is 16.1. The molecular weight excluding hydrogens is 346 g/mol. The smallest absolute Gasteiger partial charge is 0.309 e. The monoisotopic (exact) mass is 375 g/mol. The largest absolute Gasteiger partial charge is 0.496 e. The molecule has 6 nitrogen and oxygen atoms in total. The van der Waals surface area contributed by atoms with Crippen molar-refractivity contribution in [1.82, 2.24) is 4.90 Å². The van der Waals surface area contributed by atoms with Crippen LogP contribution >= 0.6 is 0 Å². The highest BCUT2D eigenvalue weighted by Crippen LogP contribution is 2.34. The van der Waals surface area contributed by atoms with Gasteiger partial charge < -0.3 is 19.5 Å². The number of likely N-dealkylation sites (tertiary alicyclic amines) is 1. The SMILES string of the molecule is COc1ccccc1C(C)CC(=O)N1CCC([C@@H]2OCCC2C(=O)O)CC1. The van der Waals surface area contributed by atoms with Crippen molar-refractivity contribution in [1.29, 1.82) is 0 Å². The van der Waals surface area contributed by atoms with Crippen molar-refractivity contribution >= 4 is 11.9 Å². The molecular formula is C21H29NO5. The van der Waals surface area contributed by atoms with Crippen molar-refractivity contribution in [3.63, 3.8) is 0 Å². The predicted molar refractivity (Wildman–Crippen MR) is 101 cm³/mol. The maximum atomic E-state index is 12.7. The number of para-hydroxylation sites is 1. The van der Waals surface area contributed by atoms with E-state index >= 15 is 0 Å². The Bertz CT molecular complexity index is 668. The molecule has 0 aromatic heterocycles. The lowest BCUT2D eigenvalue weighted by Crippen LogP contribution is -2.43. The molecule has 148 valence electrons. The summed E-state index contributed by atoms with van der Waals surface area (Å²) >= 11 is 0. The van der Waals surface area contributed by atoms with Gasteiger partial charge in [-0.2, -0.15) is 0 Å². The summed E-state index contributed by atoms with van der Waals surface area (Å²) in [4.78, 5) is 26.0. The number of piperidine rings is 1. The van der Waals surface area contributed by atoms with Crippen LogP contribution in [-0.2, 0) is 14.3 Å². The van der Waals surface area contributed by atoms with Crippen molar-refractivity contribution in [2.24, 2.45) is 11.8 Å². The molecule has 2 fully saturated rings. The Morgan fingerprint density at radius 1 is 1.26 bits per heavy atom. The van der Waals surface area contributed by atoms with E-state index in [4.69, 9.17) is 9.47 Å². The van der Waals surface area contributed by atoms with Crippen LogP contribution in [0.25, 0.3) is 0 Å². The molecule has 3 rings (SSSR count). The number of carbonyl (C=O) groups excluding carboxylic acids is 1. The number of carboxylic acids is 1. The number of hydrogen-bond acceptors (Lipinski definition) is 4. The van der Waals surface area contributed by atoms with Crippen LogP contribution in [0, 0.1) is 11.8 Å². The fraction of sp³-hybridized carbons (Fsp3) is 0.619. The first kappa shape index (κ1) is 19.7. The number of rotatable bonds is 6. The van der Waals surface area contributed by atoms with Crippen LogP contribution < -0.4 is 4.74 Å². The molecule has 2 unspecified atom stereocenters. The molecule has 1 N–H and O–H groups in total. The average molecular weight is 375 g/mol. The zero-order chi connectivity index (χ0) is 19.4. The molecule has 0 radical (unpaired) electrons. The van der Waals surface area contributed by atoms with Gasteiger partial charge >= 0.3 is 5.97 Å². The second kappa shape index (κ2) is 8.74. The summed E-state index contributed by atoms with van der Waals surface area (Å²) in [7, 11) is 1.65. The Kier molecular flexibility index (Phi) is 6.37. The quantitative estimate of drug-likeness (QED) is 0.827. The third-order valence-electron chi connectivity index (χ3n) is 5.96. The molecule has 2 heterocycles. The number of hydrogen-bond donors (Lipinski definition) is 1. The van der Waals surface area contributed by atoms with E-state index in [1.54, 1.807) is 7.11 Å². The lowest BCUT2D eigenvalue weighted by atomic mass is 9.84. The van der Waals surface area contributed by atoms with Crippen molar-refractivity contribution in [2.75, 3.05) is 26.8 Å². The van der Waals surface area contributed by atoms with Gasteiger partial charge in [-0.3, -0.25) is 9.59 Å². The summed E-state index contributed by atoms with van der Waals surface area (Å²) in [6.07, 6.45) is 2.46. The van der Waals surface area contributed by atoms with Crippen LogP contribution in [0.1, 0.15) is 44.1 Å². The molecule has 27 heavy (non-hydrogen) atoms. The normalized spacial score (nSPS) is 24.6. The molecule has 1 aromatic carbocycles. The van der Waals surface area contributed by atoms with Gasteiger partial charge in [0.25, 0.3) is 0 Å². The molecule has 0 saturated carbocycles. The highest BCUT2D eigenvalue weighted by molar-refractivity contribution is 5.77. The van der Waals surface area contributed by atoms with E-state index in [-0.39, 0.29) is 23.8 Å². The summed E-state index contributed by atoms with van der Waals surface area (Å²) in [5, 5.41) is 9.35. The molecule has 0 spiro atoms. The Balaban J connectivity index is 1.53. The lowest BCUT2D eigenvalue weighted by Gasteiger charge is -2.36. The molecule has 2 aliphatic rings.